The third-order valence-electron chi connectivity index (χ3n) is 6.07. The molecule has 2 N–H and O–H groups in total. The summed E-state index contributed by atoms with van der Waals surface area (Å²) < 4.78 is 109. The van der Waals surface area contributed by atoms with E-state index >= 15 is 0 Å². The van der Waals surface area contributed by atoms with Crippen LogP contribution in [0, 0.1) is 11.6 Å². The Morgan fingerprint density at radius 2 is 1.47 bits per heavy atom. The van der Waals surface area contributed by atoms with Gasteiger partial charge in [0, 0.05) is 44.4 Å². The number of nitrogens with one attached hydrogen (secondary N) is 1. The Labute approximate surface area is 206 Å². The third kappa shape index (κ3) is 4.96. The van der Waals surface area contributed by atoms with Gasteiger partial charge in [0.05, 0.1) is 17.4 Å². The first-order chi connectivity index (χ1) is 16.3. The van der Waals surface area contributed by atoms with Gasteiger partial charge >= 0.3 is 12.4 Å². The van der Waals surface area contributed by atoms with Gasteiger partial charge in [-0.3, -0.25) is 5.01 Å². The number of rotatable bonds is 4. The van der Waals surface area contributed by atoms with Gasteiger partial charge in [0.25, 0.3) is 5.60 Å². The molecule has 0 spiro atoms. The molecule has 0 bridgehead atoms. The molecule has 2 aromatic rings. The number of hydrogen-bond acceptors (Lipinski definition) is 5. The molecule has 4 rings (SSSR count). The SMILES string of the molecule is Cl.OC(C1=NN(c2ccc(F)cc2F)C(c2ccc(N3CCNCC3)cc2)C1)(C(F)(F)F)C(F)(F)F. The van der Waals surface area contributed by atoms with E-state index in [0.29, 0.717) is 24.2 Å². The van der Waals surface area contributed by atoms with Crippen LogP contribution in [0.5, 0.6) is 0 Å². The number of hydrogen-bond donors (Lipinski definition) is 2. The predicted molar refractivity (Wildman–Crippen MR) is 119 cm³/mol. The molecule has 0 radical (unpaired) electrons. The Morgan fingerprint density at radius 1 is 0.889 bits per heavy atom. The van der Waals surface area contributed by atoms with Gasteiger partial charge in [0.2, 0.25) is 0 Å². The quantitative estimate of drug-likeness (QED) is 0.535. The number of nitrogens with zero attached hydrogens (tertiary/aromatic N) is 3. The van der Waals surface area contributed by atoms with Crippen LogP contribution in [0.4, 0.5) is 46.5 Å². The van der Waals surface area contributed by atoms with Gasteiger partial charge in [-0.2, -0.15) is 31.4 Å². The van der Waals surface area contributed by atoms with Crippen molar-refractivity contribution in [2.45, 2.75) is 30.4 Å². The van der Waals surface area contributed by atoms with E-state index in [1.165, 1.54) is 12.1 Å². The molecule has 14 heteroatoms. The highest BCUT2D eigenvalue weighted by Gasteiger charge is 2.74. The van der Waals surface area contributed by atoms with Crippen LogP contribution in [-0.2, 0) is 0 Å². The van der Waals surface area contributed by atoms with E-state index in [2.05, 4.69) is 10.4 Å². The highest BCUT2D eigenvalue weighted by molar-refractivity contribution is 5.97. The topological polar surface area (TPSA) is 51.1 Å². The zero-order valence-electron chi connectivity index (χ0n) is 18.4. The normalized spacial score (nSPS) is 19.2. The van der Waals surface area contributed by atoms with Gasteiger partial charge in [-0.15, -0.1) is 12.4 Å². The van der Waals surface area contributed by atoms with Gasteiger partial charge in [-0.05, 0) is 29.8 Å². The monoisotopic (exact) mass is 544 g/mol. The summed E-state index contributed by atoms with van der Waals surface area (Å²) in [6.45, 7) is 2.89. The second-order valence-corrected chi connectivity index (χ2v) is 8.24. The number of anilines is 2. The standard InChI is InChI=1S/C22H20F8N4O.ClH/c23-14-3-6-17(16(24)11-14)34-18(12-19(32-34)20(35,21(25,26)27)22(28,29)30)13-1-4-15(5-2-13)33-9-7-31-8-10-33;/h1-6,11,18,31,35H,7-10,12H2;1H. The van der Waals surface area contributed by atoms with Crippen LogP contribution in [-0.4, -0.2) is 55.0 Å². The van der Waals surface area contributed by atoms with Gasteiger partial charge in [0.15, 0.2) is 5.82 Å². The lowest BCUT2D eigenvalue weighted by atomic mass is 9.90. The van der Waals surface area contributed by atoms with Crippen LogP contribution in [0.3, 0.4) is 0 Å². The van der Waals surface area contributed by atoms with Crippen LogP contribution in [0.25, 0.3) is 0 Å². The fourth-order valence-electron chi connectivity index (χ4n) is 4.20. The van der Waals surface area contributed by atoms with Crippen LogP contribution in [0.15, 0.2) is 47.6 Å². The molecule has 0 aliphatic carbocycles. The van der Waals surface area contributed by atoms with Crippen molar-refractivity contribution in [1.82, 2.24) is 5.32 Å². The number of benzene rings is 2. The first-order valence-corrected chi connectivity index (χ1v) is 10.6. The molecule has 1 unspecified atom stereocenters. The smallest absolute Gasteiger partial charge is 0.369 e. The summed E-state index contributed by atoms with van der Waals surface area (Å²) in [4.78, 5) is 2.04. The van der Waals surface area contributed by atoms with E-state index in [1.807, 2.05) is 4.90 Å². The highest BCUT2D eigenvalue weighted by atomic mass is 35.5. The van der Waals surface area contributed by atoms with Crippen molar-refractivity contribution in [1.29, 1.82) is 0 Å². The van der Waals surface area contributed by atoms with Crippen molar-refractivity contribution >= 4 is 29.5 Å². The average molecular weight is 545 g/mol. The Bertz CT molecular complexity index is 1090. The largest absolute Gasteiger partial charge is 0.431 e. The van der Waals surface area contributed by atoms with Gasteiger partial charge in [-0.25, -0.2) is 8.78 Å². The number of aliphatic hydroxyl groups is 1. The molecule has 198 valence electrons. The minimum Gasteiger partial charge on any atom is -0.369 e. The summed E-state index contributed by atoms with van der Waals surface area (Å²) in [5, 5.41) is 17.1. The molecule has 2 aliphatic rings. The number of piperazine rings is 1. The summed E-state index contributed by atoms with van der Waals surface area (Å²) in [5.41, 5.74) is -6.40. The highest BCUT2D eigenvalue weighted by Crippen LogP contribution is 2.49. The first kappa shape index (κ1) is 27.9. The first-order valence-electron chi connectivity index (χ1n) is 10.6. The second-order valence-electron chi connectivity index (χ2n) is 8.24. The van der Waals surface area contributed by atoms with Gasteiger partial charge < -0.3 is 15.3 Å². The van der Waals surface area contributed by atoms with Crippen LogP contribution in [0.2, 0.25) is 0 Å². The molecule has 1 atom stereocenters. The van der Waals surface area contributed by atoms with Crippen molar-refractivity contribution in [2.75, 3.05) is 36.1 Å². The maximum absolute atomic E-state index is 14.5. The molecular weight excluding hydrogens is 524 g/mol. The summed E-state index contributed by atoms with van der Waals surface area (Å²) >= 11 is 0. The Morgan fingerprint density at radius 3 is 2.00 bits per heavy atom. The summed E-state index contributed by atoms with van der Waals surface area (Å²) in [5.74, 6) is -2.23. The predicted octanol–water partition coefficient (Wildman–Crippen LogP) is 4.96. The van der Waals surface area contributed by atoms with Gasteiger partial charge in [-0.1, -0.05) is 12.1 Å². The van der Waals surface area contributed by atoms with E-state index < -0.39 is 53.4 Å². The molecule has 2 heterocycles. The lowest BCUT2D eigenvalue weighted by Crippen LogP contribution is -2.62. The Kier molecular flexibility index (Phi) is 7.78. The van der Waals surface area contributed by atoms with Crippen molar-refractivity contribution in [2.24, 2.45) is 5.10 Å². The van der Waals surface area contributed by atoms with E-state index in [-0.39, 0.29) is 18.0 Å². The molecule has 2 aliphatic heterocycles. The van der Waals surface area contributed by atoms with Crippen molar-refractivity contribution in [3.8, 4) is 0 Å². The fourth-order valence-corrected chi connectivity index (χ4v) is 4.20. The molecule has 2 aromatic carbocycles. The molecular formula is C22H21ClF8N4O. The number of alkyl halides is 6. The maximum Gasteiger partial charge on any atom is 0.431 e. The molecule has 1 fully saturated rings. The zero-order chi connectivity index (χ0) is 25.6. The number of halogens is 9. The maximum atomic E-state index is 14.5. The lowest BCUT2D eigenvalue weighted by molar-refractivity contribution is -0.338. The van der Waals surface area contributed by atoms with Crippen LogP contribution < -0.4 is 15.2 Å². The van der Waals surface area contributed by atoms with Gasteiger partial charge in [0.1, 0.15) is 5.82 Å². The average Bonchev–Trinajstić information content (AvgIpc) is 3.23. The summed E-state index contributed by atoms with van der Waals surface area (Å²) in [7, 11) is 0. The van der Waals surface area contributed by atoms with E-state index in [4.69, 9.17) is 0 Å². The molecule has 0 aromatic heterocycles. The molecule has 1 saturated heterocycles. The Hall–Kier alpha value is -2.64. The van der Waals surface area contributed by atoms with Crippen molar-refractivity contribution in [3.05, 3.63) is 59.7 Å². The van der Waals surface area contributed by atoms with Crippen molar-refractivity contribution in [3.63, 3.8) is 0 Å². The van der Waals surface area contributed by atoms with E-state index in [0.717, 1.165) is 30.9 Å². The summed E-state index contributed by atoms with van der Waals surface area (Å²) in [6, 6.07) is 7.07. The van der Waals surface area contributed by atoms with E-state index in [1.54, 1.807) is 12.1 Å². The lowest BCUT2D eigenvalue weighted by Gasteiger charge is -2.32. The van der Waals surface area contributed by atoms with Crippen LogP contribution >= 0.6 is 12.4 Å². The molecule has 36 heavy (non-hydrogen) atoms. The third-order valence-corrected chi connectivity index (χ3v) is 6.07. The molecule has 5 nitrogen and oxygen atoms in total. The minimum atomic E-state index is -6.14. The number of hydrazone groups is 1. The molecule has 0 saturated carbocycles. The summed E-state index contributed by atoms with van der Waals surface area (Å²) in [6.07, 6.45) is -13.3. The second kappa shape index (κ2) is 10.0. The minimum absolute atomic E-state index is 0. The molecule has 0 amide bonds. The Balaban J connectivity index is 0.00000361. The fraction of sp³-hybridized carbons (Fsp3) is 0.409. The van der Waals surface area contributed by atoms with E-state index in [9.17, 15) is 40.2 Å². The van der Waals surface area contributed by atoms with Crippen molar-refractivity contribution < 1.29 is 40.2 Å². The zero-order valence-corrected chi connectivity index (χ0v) is 19.2. The van der Waals surface area contributed by atoms with Crippen LogP contribution in [0.1, 0.15) is 18.0 Å².